The zero-order chi connectivity index (χ0) is 11.4. The maximum absolute atomic E-state index is 5.10. The molecule has 2 rings (SSSR count). The molecule has 0 aliphatic heterocycles. The van der Waals surface area contributed by atoms with Gasteiger partial charge in [0.25, 0.3) is 0 Å². The van der Waals surface area contributed by atoms with E-state index in [0.29, 0.717) is 6.04 Å². The number of aryl methyl sites for hydroxylation is 1. The molecule has 0 saturated carbocycles. The van der Waals surface area contributed by atoms with Gasteiger partial charge in [-0.3, -0.25) is 0 Å². The Kier molecular flexibility index (Phi) is 4.32. The van der Waals surface area contributed by atoms with Gasteiger partial charge in [0.05, 0.1) is 17.3 Å². The lowest BCUT2D eigenvalue weighted by Crippen LogP contribution is -2.23. The van der Waals surface area contributed by atoms with Crippen molar-refractivity contribution in [1.82, 2.24) is 10.3 Å². The first-order valence-corrected chi connectivity index (χ1v) is 6.87. The van der Waals surface area contributed by atoms with Crippen LogP contribution in [0.1, 0.15) is 41.4 Å². The molecule has 0 bridgehead atoms. The summed E-state index contributed by atoms with van der Waals surface area (Å²) >= 11 is 1.87. The Balaban J connectivity index is 2.10. The van der Waals surface area contributed by atoms with Gasteiger partial charge in [-0.15, -0.1) is 11.3 Å². The molecule has 3 nitrogen and oxygen atoms in total. The highest BCUT2D eigenvalue weighted by Crippen LogP contribution is 2.34. The second-order valence-corrected chi connectivity index (χ2v) is 5.28. The van der Waals surface area contributed by atoms with Gasteiger partial charge >= 0.3 is 0 Å². The van der Waals surface area contributed by atoms with Crippen molar-refractivity contribution in [2.24, 2.45) is 0 Å². The van der Waals surface area contributed by atoms with Crippen LogP contribution in [-0.2, 0) is 17.6 Å². The van der Waals surface area contributed by atoms with Gasteiger partial charge in [0, 0.05) is 24.4 Å². The largest absolute Gasteiger partial charge is 0.384 e. The molecule has 1 heterocycles. The van der Waals surface area contributed by atoms with Crippen molar-refractivity contribution < 1.29 is 4.74 Å². The summed E-state index contributed by atoms with van der Waals surface area (Å²) in [7, 11) is 1.74. The molecule has 16 heavy (non-hydrogen) atoms. The summed E-state index contributed by atoms with van der Waals surface area (Å²) in [6, 6.07) is 0.544. The fraction of sp³-hybridized carbons (Fsp3) is 0.750. The highest BCUT2D eigenvalue weighted by Gasteiger charge is 2.23. The maximum Gasteiger partial charge on any atom is 0.0954 e. The Morgan fingerprint density at radius 1 is 1.56 bits per heavy atom. The molecule has 1 aromatic heterocycles. The molecule has 0 saturated heterocycles. The molecule has 1 atom stereocenters. The molecular formula is C12H20N2OS. The van der Waals surface area contributed by atoms with Crippen LogP contribution < -0.4 is 5.32 Å². The normalized spacial score (nSPS) is 19.8. The quantitative estimate of drug-likeness (QED) is 0.857. The van der Waals surface area contributed by atoms with E-state index in [1.54, 1.807) is 7.11 Å². The second-order valence-electron chi connectivity index (χ2n) is 4.16. The van der Waals surface area contributed by atoms with Gasteiger partial charge in [-0.25, -0.2) is 4.98 Å². The van der Waals surface area contributed by atoms with E-state index in [1.807, 2.05) is 11.3 Å². The summed E-state index contributed by atoms with van der Waals surface area (Å²) in [5.41, 5.74) is 1.33. The molecular weight excluding hydrogens is 220 g/mol. The molecule has 0 amide bonds. The fourth-order valence-corrected chi connectivity index (χ4v) is 3.41. The van der Waals surface area contributed by atoms with E-state index in [1.165, 1.54) is 28.4 Å². The molecule has 1 N–H and O–H groups in total. The van der Waals surface area contributed by atoms with Gasteiger partial charge in [-0.1, -0.05) is 6.92 Å². The van der Waals surface area contributed by atoms with Gasteiger partial charge in [-0.05, 0) is 25.8 Å². The number of hydrogen-bond acceptors (Lipinski definition) is 4. The Labute approximate surface area is 101 Å². The first kappa shape index (κ1) is 12.0. The van der Waals surface area contributed by atoms with Crippen LogP contribution in [0.5, 0.6) is 0 Å². The molecule has 0 radical (unpaired) electrons. The van der Waals surface area contributed by atoms with Crippen molar-refractivity contribution in [1.29, 1.82) is 0 Å². The number of rotatable bonds is 5. The van der Waals surface area contributed by atoms with Crippen LogP contribution >= 0.6 is 11.3 Å². The smallest absolute Gasteiger partial charge is 0.0954 e. The lowest BCUT2D eigenvalue weighted by Gasteiger charge is -2.21. The first-order valence-electron chi connectivity index (χ1n) is 6.06. The van der Waals surface area contributed by atoms with Crippen LogP contribution in [0, 0.1) is 0 Å². The Morgan fingerprint density at radius 2 is 2.44 bits per heavy atom. The number of nitrogens with one attached hydrogen (secondary N) is 1. The van der Waals surface area contributed by atoms with E-state index in [9.17, 15) is 0 Å². The zero-order valence-corrected chi connectivity index (χ0v) is 10.9. The minimum atomic E-state index is 0.544. The van der Waals surface area contributed by atoms with Gasteiger partial charge in [0.15, 0.2) is 0 Å². The van der Waals surface area contributed by atoms with Crippen LogP contribution in [-0.4, -0.2) is 25.2 Å². The average Bonchev–Trinajstić information content (AvgIpc) is 2.70. The number of hydrogen-bond donors (Lipinski definition) is 1. The van der Waals surface area contributed by atoms with Crippen LogP contribution in [0.4, 0.5) is 0 Å². The molecule has 0 fully saturated rings. The summed E-state index contributed by atoms with van der Waals surface area (Å²) in [6.45, 7) is 3.98. The van der Waals surface area contributed by atoms with E-state index in [2.05, 4.69) is 12.2 Å². The van der Waals surface area contributed by atoms with Gasteiger partial charge < -0.3 is 10.1 Å². The monoisotopic (exact) mass is 240 g/mol. The van der Waals surface area contributed by atoms with Gasteiger partial charge in [0.2, 0.25) is 0 Å². The Hall–Kier alpha value is -0.450. The second kappa shape index (κ2) is 5.75. The molecule has 1 unspecified atom stereocenters. The molecule has 1 aromatic rings. The molecule has 90 valence electrons. The Bertz CT molecular complexity index is 338. The van der Waals surface area contributed by atoms with Gasteiger partial charge in [0.1, 0.15) is 0 Å². The van der Waals surface area contributed by atoms with E-state index in [4.69, 9.17) is 9.72 Å². The maximum atomic E-state index is 5.10. The van der Waals surface area contributed by atoms with Gasteiger partial charge in [-0.2, -0.15) is 0 Å². The number of ether oxygens (including phenoxy) is 1. The minimum Gasteiger partial charge on any atom is -0.384 e. The molecule has 0 spiro atoms. The Morgan fingerprint density at radius 3 is 3.19 bits per heavy atom. The van der Waals surface area contributed by atoms with Crippen molar-refractivity contribution >= 4 is 11.3 Å². The lowest BCUT2D eigenvalue weighted by molar-refractivity contribution is 0.202. The number of thiazole rings is 1. The first-order chi connectivity index (χ1) is 7.85. The molecule has 1 aliphatic carbocycles. The van der Waals surface area contributed by atoms with Crippen LogP contribution in [0.25, 0.3) is 0 Å². The van der Waals surface area contributed by atoms with Crippen molar-refractivity contribution in [3.63, 3.8) is 0 Å². The van der Waals surface area contributed by atoms with Crippen LogP contribution in [0.15, 0.2) is 0 Å². The average molecular weight is 240 g/mol. The lowest BCUT2D eigenvalue weighted by atomic mass is 9.98. The summed E-state index contributed by atoms with van der Waals surface area (Å²) in [6.07, 6.45) is 4.62. The zero-order valence-electron chi connectivity index (χ0n) is 10.1. The fourth-order valence-electron chi connectivity index (χ4n) is 2.21. The number of fused-ring (bicyclic) bond motifs is 1. The van der Waals surface area contributed by atoms with Crippen LogP contribution in [0.3, 0.4) is 0 Å². The minimum absolute atomic E-state index is 0.544. The summed E-state index contributed by atoms with van der Waals surface area (Å²) < 4.78 is 5.10. The summed E-state index contributed by atoms with van der Waals surface area (Å²) in [5.74, 6) is 0. The number of methoxy groups -OCH3 is 1. The predicted molar refractivity (Wildman–Crippen MR) is 67.0 cm³/mol. The van der Waals surface area contributed by atoms with E-state index in [-0.39, 0.29) is 0 Å². The summed E-state index contributed by atoms with van der Waals surface area (Å²) in [4.78, 5) is 6.19. The number of nitrogens with zero attached hydrogens (tertiary/aromatic N) is 1. The van der Waals surface area contributed by atoms with Crippen molar-refractivity contribution in [2.75, 3.05) is 20.3 Å². The topological polar surface area (TPSA) is 34.2 Å². The SMILES string of the molecule is CCNC1CCCc2nc(CCOC)sc21. The third-order valence-electron chi connectivity index (χ3n) is 2.97. The standard InChI is InChI=1S/C12H20N2OS/c1-3-13-9-5-4-6-10-12(9)16-11(14-10)7-8-15-2/h9,13H,3-8H2,1-2H3. The molecule has 4 heteroatoms. The number of aromatic nitrogens is 1. The molecule has 0 aromatic carbocycles. The van der Waals surface area contributed by atoms with E-state index in [0.717, 1.165) is 26.0 Å². The predicted octanol–water partition coefficient (Wildman–Crippen LogP) is 2.32. The molecule has 1 aliphatic rings. The van der Waals surface area contributed by atoms with Crippen molar-refractivity contribution in [3.8, 4) is 0 Å². The third kappa shape index (κ3) is 2.62. The van der Waals surface area contributed by atoms with Crippen molar-refractivity contribution in [2.45, 2.75) is 38.6 Å². The highest BCUT2D eigenvalue weighted by molar-refractivity contribution is 7.11. The van der Waals surface area contributed by atoms with Crippen LogP contribution in [0.2, 0.25) is 0 Å². The van der Waals surface area contributed by atoms with E-state index < -0.39 is 0 Å². The van der Waals surface area contributed by atoms with Crippen molar-refractivity contribution in [3.05, 3.63) is 15.6 Å². The van der Waals surface area contributed by atoms with E-state index >= 15 is 0 Å². The summed E-state index contributed by atoms with van der Waals surface area (Å²) in [5, 5.41) is 4.78. The third-order valence-corrected chi connectivity index (χ3v) is 4.24. The highest BCUT2D eigenvalue weighted by atomic mass is 32.1.